The molecule has 0 saturated carbocycles. The maximum Gasteiger partial charge on any atom is 0.170 e. The average molecular weight is 369 g/mol. The van der Waals surface area contributed by atoms with Gasteiger partial charge in [-0.2, -0.15) is 0 Å². The Labute approximate surface area is 154 Å². The highest BCUT2D eigenvalue weighted by molar-refractivity contribution is 5.97. The molecule has 0 unspecified atom stereocenters. The van der Waals surface area contributed by atoms with E-state index in [2.05, 4.69) is 39.2 Å². The van der Waals surface area contributed by atoms with Crippen LogP contribution in [0.3, 0.4) is 0 Å². The van der Waals surface area contributed by atoms with E-state index in [4.69, 9.17) is 10.9 Å². The van der Waals surface area contributed by atoms with Gasteiger partial charge in [0.05, 0.1) is 0 Å². The monoisotopic (exact) mass is 368 g/mol. The van der Waals surface area contributed by atoms with Crippen molar-refractivity contribution < 1.29 is 5.21 Å². The Balaban J connectivity index is 0.00000144. The van der Waals surface area contributed by atoms with Crippen molar-refractivity contribution >= 4 is 42.0 Å². The molecule has 1 saturated heterocycles. The molecule has 24 heavy (non-hydrogen) atoms. The lowest BCUT2D eigenvalue weighted by atomic mass is 10.1. The minimum Gasteiger partial charge on any atom is -0.409 e. The van der Waals surface area contributed by atoms with E-state index in [0.717, 1.165) is 31.7 Å². The first-order chi connectivity index (χ1) is 10.8. The van der Waals surface area contributed by atoms with E-state index in [9.17, 15) is 0 Å². The van der Waals surface area contributed by atoms with Crippen LogP contribution in [0.15, 0.2) is 59.8 Å². The van der Waals surface area contributed by atoms with Crippen LogP contribution in [0.1, 0.15) is 5.56 Å². The van der Waals surface area contributed by atoms with Gasteiger partial charge in [-0.3, -0.25) is 0 Å². The van der Waals surface area contributed by atoms with Gasteiger partial charge in [-0.25, -0.2) is 0 Å². The van der Waals surface area contributed by atoms with E-state index in [1.165, 1.54) is 11.4 Å². The second kappa shape index (κ2) is 9.25. The number of benzene rings is 2. The van der Waals surface area contributed by atoms with Gasteiger partial charge >= 0.3 is 0 Å². The Morgan fingerprint density at radius 2 is 1.25 bits per heavy atom. The van der Waals surface area contributed by atoms with Crippen LogP contribution in [-0.2, 0) is 0 Å². The molecule has 0 atom stereocenters. The Kier molecular flexibility index (Phi) is 7.68. The summed E-state index contributed by atoms with van der Waals surface area (Å²) >= 11 is 0. The minimum absolute atomic E-state index is 0. The van der Waals surface area contributed by atoms with Crippen LogP contribution in [0.5, 0.6) is 0 Å². The fourth-order valence-electron chi connectivity index (χ4n) is 2.76. The summed E-state index contributed by atoms with van der Waals surface area (Å²) in [5.41, 5.74) is 8.77. The van der Waals surface area contributed by atoms with Crippen LogP contribution in [-0.4, -0.2) is 37.2 Å². The molecule has 130 valence electrons. The van der Waals surface area contributed by atoms with Crippen LogP contribution in [0, 0.1) is 0 Å². The Bertz CT molecular complexity index is 641. The third-order valence-corrected chi connectivity index (χ3v) is 4.04. The van der Waals surface area contributed by atoms with E-state index in [-0.39, 0.29) is 30.6 Å². The summed E-state index contributed by atoms with van der Waals surface area (Å²) in [6.07, 6.45) is 0. The van der Waals surface area contributed by atoms with Gasteiger partial charge in [0, 0.05) is 43.1 Å². The molecule has 3 rings (SSSR count). The number of nitrogens with zero attached hydrogens (tertiary/aromatic N) is 3. The predicted molar refractivity (Wildman–Crippen MR) is 104 cm³/mol. The minimum atomic E-state index is 0. The topological polar surface area (TPSA) is 65.1 Å². The van der Waals surface area contributed by atoms with E-state index < -0.39 is 0 Å². The summed E-state index contributed by atoms with van der Waals surface area (Å²) < 4.78 is 0. The molecular weight excluding hydrogens is 347 g/mol. The number of oxime groups is 1. The molecule has 1 heterocycles. The maximum absolute atomic E-state index is 8.69. The summed E-state index contributed by atoms with van der Waals surface area (Å²) in [6, 6.07) is 18.3. The van der Waals surface area contributed by atoms with Crippen LogP contribution in [0.2, 0.25) is 0 Å². The first-order valence-electron chi connectivity index (χ1n) is 7.41. The smallest absolute Gasteiger partial charge is 0.170 e. The molecule has 0 spiro atoms. The lowest BCUT2D eigenvalue weighted by molar-refractivity contribution is 0.318. The molecular formula is C17H22Cl2N4O. The number of hydrogen-bond donors (Lipinski definition) is 2. The lowest BCUT2D eigenvalue weighted by Crippen LogP contribution is -2.46. The first kappa shape index (κ1) is 19.9. The molecule has 2 aromatic carbocycles. The molecule has 1 fully saturated rings. The standard InChI is InChI=1S/C17H20N4O.2ClH/c18-17(19-22)14-6-8-16(9-7-14)21-12-10-20(11-13-21)15-4-2-1-3-5-15;;/h1-9,22H,10-13H2,(H2,18,19);2*1H. The molecule has 3 N–H and O–H groups in total. The van der Waals surface area contributed by atoms with Crippen molar-refractivity contribution in [2.75, 3.05) is 36.0 Å². The molecule has 0 bridgehead atoms. The Morgan fingerprint density at radius 3 is 1.71 bits per heavy atom. The van der Waals surface area contributed by atoms with E-state index in [1.807, 2.05) is 30.3 Å². The molecule has 2 aromatic rings. The van der Waals surface area contributed by atoms with Crippen LogP contribution >= 0.6 is 24.8 Å². The van der Waals surface area contributed by atoms with Gasteiger partial charge in [0.1, 0.15) is 0 Å². The SMILES string of the molecule is Cl.Cl.NC(=NO)c1ccc(N2CCN(c3ccccc3)CC2)cc1. The van der Waals surface area contributed by atoms with Gasteiger partial charge in [-0.05, 0) is 36.4 Å². The largest absolute Gasteiger partial charge is 0.409 e. The van der Waals surface area contributed by atoms with Gasteiger partial charge in [-0.15, -0.1) is 24.8 Å². The average Bonchev–Trinajstić information content (AvgIpc) is 2.62. The normalized spacial score (nSPS) is 14.6. The summed E-state index contributed by atoms with van der Waals surface area (Å²) in [7, 11) is 0. The number of piperazine rings is 1. The third kappa shape index (κ3) is 4.46. The van der Waals surface area contributed by atoms with Crippen molar-refractivity contribution in [3.05, 3.63) is 60.2 Å². The molecule has 1 aliphatic rings. The van der Waals surface area contributed by atoms with Gasteiger partial charge in [0.15, 0.2) is 5.84 Å². The van der Waals surface area contributed by atoms with E-state index in [0.29, 0.717) is 0 Å². The molecule has 0 aromatic heterocycles. The summed E-state index contributed by atoms with van der Waals surface area (Å²) in [6.45, 7) is 3.98. The zero-order chi connectivity index (χ0) is 15.4. The molecule has 5 nitrogen and oxygen atoms in total. The van der Waals surface area contributed by atoms with Crippen molar-refractivity contribution in [3.8, 4) is 0 Å². The van der Waals surface area contributed by atoms with Gasteiger partial charge in [-0.1, -0.05) is 23.4 Å². The van der Waals surface area contributed by atoms with Crippen LogP contribution in [0.4, 0.5) is 11.4 Å². The van der Waals surface area contributed by atoms with Gasteiger partial charge < -0.3 is 20.7 Å². The summed E-state index contributed by atoms with van der Waals surface area (Å²) in [4.78, 5) is 4.76. The van der Waals surface area contributed by atoms with Crippen molar-refractivity contribution in [3.63, 3.8) is 0 Å². The molecule has 0 amide bonds. The maximum atomic E-state index is 8.69. The Morgan fingerprint density at radius 1 is 0.792 bits per heavy atom. The van der Waals surface area contributed by atoms with Crippen molar-refractivity contribution in [1.82, 2.24) is 0 Å². The number of halogens is 2. The number of hydrogen-bond acceptors (Lipinski definition) is 4. The van der Waals surface area contributed by atoms with Crippen LogP contribution in [0.25, 0.3) is 0 Å². The predicted octanol–water partition coefficient (Wildman–Crippen LogP) is 2.95. The first-order valence-corrected chi connectivity index (χ1v) is 7.41. The summed E-state index contributed by atoms with van der Waals surface area (Å²) in [5, 5.41) is 11.7. The molecule has 0 radical (unpaired) electrons. The van der Waals surface area contributed by atoms with E-state index in [1.54, 1.807) is 0 Å². The van der Waals surface area contributed by atoms with Crippen molar-refractivity contribution in [2.45, 2.75) is 0 Å². The van der Waals surface area contributed by atoms with Crippen molar-refractivity contribution in [1.29, 1.82) is 0 Å². The van der Waals surface area contributed by atoms with Crippen molar-refractivity contribution in [2.24, 2.45) is 10.9 Å². The van der Waals surface area contributed by atoms with Gasteiger partial charge in [0.2, 0.25) is 0 Å². The number of amidine groups is 1. The highest BCUT2D eigenvalue weighted by atomic mass is 35.5. The number of nitrogens with two attached hydrogens (primary N) is 1. The molecule has 1 aliphatic heterocycles. The summed E-state index contributed by atoms with van der Waals surface area (Å²) in [5.74, 6) is 0.139. The number of para-hydroxylation sites is 1. The number of rotatable bonds is 3. The Hall–Kier alpha value is -2.11. The fourth-order valence-corrected chi connectivity index (χ4v) is 2.76. The second-order valence-electron chi connectivity index (χ2n) is 5.34. The molecule has 7 heteroatoms. The zero-order valence-electron chi connectivity index (χ0n) is 13.2. The highest BCUT2D eigenvalue weighted by Gasteiger charge is 2.17. The van der Waals surface area contributed by atoms with E-state index >= 15 is 0 Å². The third-order valence-electron chi connectivity index (χ3n) is 4.04. The zero-order valence-corrected chi connectivity index (χ0v) is 14.8. The highest BCUT2D eigenvalue weighted by Crippen LogP contribution is 2.20. The fraction of sp³-hybridized carbons (Fsp3) is 0.235. The lowest BCUT2D eigenvalue weighted by Gasteiger charge is -2.37. The number of anilines is 2. The van der Waals surface area contributed by atoms with Crippen LogP contribution < -0.4 is 15.5 Å². The second-order valence-corrected chi connectivity index (χ2v) is 5.34. The quantitative estimate of drug-likeness (QED) is 0.378. The molecule has 0 aliphatic carbocycles. The van der Waals surface area contributed by atoms with Gasteiger partial charge in [0.25, 0.3) is 0 Å².